The van der Waals surface area contributed by atoms with Crippen molar-refractivity contribution in [3.05, 3.63) is 34.6 Å². The van der Waals surface area contributed by atoms with Crippen LogP contribution in [-0.2, 0) is 6.42 Å². The van der Waals surface area contributed by atoms with Crippen LogP contribution >= 0.6 is 11.6 Å². The SMILES string of the molecule is CCCCCCCCC(Cc1ccc(F)cc1Cl)NC. The fourth-order valence-electron chi connectivity index (χ4n) is 2.47. The van der Waals surface area contributed by atoms with E-state index in [4.69, 9.17) is 11.6 Å². The third-order valence-corrected chi connectivity index (χ3v) is 4.15. The second-order valence-electron chi connectivity index (χ2n) is 5.48. The van der Waals surface area contributed by atoms with Gasteiger partial charge >= 0.3 is 0 Å². The van der Waals surface area contributed by atoms with Gasteiger partial charge in [-0.1, -0.05) is 63.1 Å². The molecule has 114 valence electrons. The number of benzene rings is 1. The van der Waals surface area contributed by atoms with Crippen LogP contribution in [0.2, 0.25) is 5.02 Å². The smallest absolute Gasteiger partial charge is 0.124 e. The summed E-state index contributed by atoms with van der Waals surface area (Å²) in [6, 6.07) is 5.10. The van der Waals surface area contributed by atoms with E-state index < -0.39 is 0 Å². The monoisotopic (exact) mass is 299 g/mol. The number of rotatable bonds is 10. The van der Waals surface area contributed by atoms with Crippen LogP contribution in [-0.4, -0.2) is 13.1 Å². The second kappa shape index (κ2) is 10.2. The molecule has 0 amide bonds. The molecule has 1 rings (SSSR count). The molecular weight excluding hydrogens is 273 g/mol. The highest BCUT2D eigenvalue weighted by Gasteiger charge is 2.10. The lowest BCUT2D eigenvalue weighted by molar-refractivity contribution is 0.479. The lowest BCUT2D eigenvalue weighted by Gasteiger charge is -2.17. The summed E-state index contributed by atoms with van der Waals surface area (Å²) in [5, 5.41) is 3.88. The van der Waals surface area contributed by atoms with Crippen LogP contribution in [0, 0.1) is 5.82 Å². The first kappa shape index (κ1) is 17.5. The van der Waals surface area contributed by atoms with Crippen LogP contribution in [0.4, 0.5) is 4.39 Å². The zero-order valence-corrected chi connectivity index (χ0v) is 13.5. The zero-order chi connectivity index (χ0) is 14.8. The maximum absolute atomic E-state index is 13.0. The van der Waals surface area contributed by atoms with E-state index in [9.17, 15) is 4.39 Å². The Labute approximate surface area is 127 Å². The van der Waals surface area contributed by atoms with Crippen molar-refractivity contribution in [1.29, 1.82) is 0 Å². The van der Waals surface area contributed by atoms with Gasteiger partial charge in [-0.05, 0) is 37.6 Å². The van der Waals surface area contributed by atoms with Gasteiger partial charge in [-0.3, -0.25) is 0 Å². The maximum atomic E-state index is 13.0. The van der Waals surface area contributed by atoms with Gasteiger partial charge in [-0.2, -0.15) is 0 Å². The van der Waals surface area contributed by atoms with Crippen LogP contribution < -0.4 is 5.32 Å². The quantitative estimate of drug-likeness (QED) is 0.573. The Balaban J connectivity index is 2.31. The van der Waals surface area contributed by atoms with Gasteiger partial charge in [0.2, 0.25) is 0 Å². The molecule has 1 aromatic carbocycles. The van der Waals surface area contributed by atoms with Gasteiger partial charge in [-0.15, -0.1) is 0 Å². The first-order chi connectivity index (χ1) is 9.67. The number of unbranched alkanes of at least 4 members (excludes halogenated alkanes) is 5. The topological polar surface area (TPSA) is 12.0 Å². The highest BCUT2D eigenvalue weighted by molar-refractivity contribution is 6.31. The maximum Gasteiger partial charge on any atom is 0.124 e. The van der Waals surface area contributed by atoms with E-state index in [-0.39, 0.29) is 5.82 Å². The van der Waals surface area contributed by atoms with E-state index in [1.54, 1.807) is 6.07 Å². The van der Waals surface area contributed by atoms with Gasteiger partial charge in [0, 0.05) is 11.1 Å². The molecule has 0 spiro atoms. The van der Waals surface area contributed by atoms with Crippen LogP contribution in [0.5, 0.6) is 0 Å². The highest BCUT2D eigenvalue weighted by Crippen LogP contribution is 2.20. The Morgan fingerprint density at radius 3 is 2.50 bits per heavy atom. The number of hydrogen-bond acceptors (Lipinski definition) is 1. The number of nitrogens with one attached hydrogen (secondary N) is 1. The van der Waals surface area contributed by atoms with Crippen molar-refractivity contribution < 1.29 is 4.39 Å². The van der Waals surface area contributed by atoms with Gasteiger partial charge in [-0.25, -0.2) is 4.39 Å². The van der Waals surface area contributed by atoms with Crippen molar-refractivity contribution in [3.8, 4) is 0 Å². The predicted molar refractivity (Wildman–Crippen MR) is 86.0 cm³/mol. The van der Waals surface area contributed by atoms with E-state index in [2.05, 4.69) is 12.2 Å². The van der Waals surface area contributed by atoms with Crippen LogP contribution in [0.15, 0.2) is 18.2 Å². The van der Waals surface area contributed by atoms with Crippen molar-refractivity contribution >= 4 is 11.6 Å². The van der Waals surface area contributed by atoms with Crippen molar-refractivity contribution in [2.45, 2.75) is 64.3 Å². The highest BCUT2D eigenvalue weighted by atomic mass is 35.5. The van der Waals surface area contributed by atoms with Crippen molar-refractivity contribution in [1.82, 2.24) is 5.32 Å². The number of halogens is 2. The molecule has 1 nitrogen and oxygen atoms in total. The van der Waals surface area contributed by atoms with Gasteiger partial charge in [0.1, 0.15) is 5.82 Å². The Morgan fingerprint density at radius 2 is 1.85 bits per heavy atom. The van der Waals surface area contributed by atoms with Crippen molar-refractivity contribution in [2.24, 2.45) is 0 Å². The molecule has 0 aromatic heterocycles. The van der Waals surface area contributed by atoms with E-state index in [0.717, 1.165) is 18.4 Å². The molecule has 0 aliphatic carbocycles. The minimum atomic E-state index is -0.268. The van der Waals surface area contributed by atoms with E-state index >= 15 is 0 Å². The van der Waals surface area contributed by atoms with E-state index in [0.29, 0.717) is 11.1 Å². The summed E-state index contributed by atoms with van der Waals surface area (Å²) in [7, 11) is 1.99. The summed E-state index contributed by atoms with van der Waals surface area (Å²) in [6.07, 6.45) is 9.89. The molecule has 0 saturated carbocycles. The molecule has 0 fully saturated rings. The molecule has 1 N–H and O–H groups in total. The van der Waals surface area contributed by atoms with E-state index in [1.807, 2.05) is 7.05 Å². The Hall–Kier alpha value is -0.600. The summed E-state index contributed by atoms with van der Waals surface area (Å²) in [4.78, 5) is 0. The Bertz CT molecular complexity index is 381. The molecule has 0 aliphatic heterocycles. The summed E-state index contributed by atoms with van der Waals surface area (Å²) in [5.74, 6) is -0.268. The molecule has 0 radical (unpaired) electrons. The molecule has 1 unspecified atom stereocenters. The minimum Gasteiger partial charge on any atom is -0.317 e. The molecule has 1 aromatic rings. The largest absolute Gasteiger partial charge is 0.317 e. The third-order valence-electron chi connectivity index (χ3n) is 3.80. The predicted octanol–water partition coefficient (Wildman–Crippen LogP) is 5.36. The molecule has 3 heteroatoms. The molecule has 0 bridgehead atoms. The van der Waals surface area contributed by atoms with Crippen molar-refractivity contribution in [2.75, 3.05) is 7.05 Å². The lowest BCUT2D eigenvalue weighted by atomic mass is 9.99. The summed E-state index contributed by atoms with van der Waals surface area (Å²) in [6.45, 7) is 2.24. The zero-order valence-electron chi connectivity index (χ0n) is 12.7. The number of hydrogen-bond donors (Lipinski definition) is 1. The van der Waals surface area contributed by atoms with Gasteiger partial charge < -0.3 is 5.32 Å². The average molecular weight is 300 g/mol. The number of likely N-dealkylation sites (N-methyl/N-ethyl adjacent to an activating group) is 1. The fourth-order valence-corrected chi connectivity index (χ4v) is 2.72. The lowest BCUT2D eigenvalue weighted by Crippen LogP contribution is -2.27. The van der Waals surface area contributed by atoms with Gasteiger partial charge in [0.05, 0.1) is 0 Å². The molecule has 0 heterocycles. The van der Waals surface area contributed by atoms with Crippen LogP contribution in [0.1, 0.15) is 57.4 Å². The fraction of sp³-hybridized carbons (Fsp3) is 0.647. The molecular formula is C17H27ClFN. The average Bonchev–Trinajstić information content (AvgIpc) is 2.43. The second-order valence-corrected chi connectivity index (χ2v) is 5.89. The summed E-state index contributed by atoms with van der Waals surface area (Å²) in [5.41, 5.74) is 1.03. The van der Waals surface area contributed by atoms with Crippen LogP contribution in [0.25, 0.3) is 0 Å². The van der Waals surface area contributed by atoms with Crippen LogP contribution in [0.3, 0.4) is 0 Å². The molecule has 20 heavy (non-hydrogen) atoms. The standard InChI is InChI=1S/C17H27ClFN/c1-3-4-5-6-7-8-9-16(20-2)12-14-10-11-15(19)13-17(14)18/h10-11,13,16,20H,3-9,12H2,1-2H3. The molecule has 0 aliphatic rings. The normalized spacial score (nSPS) is 12.6. The first-order valence-corrected chi connectivity index (χ1v) is 8.16. The van der Waals surface area contributed by atoms with Gasteiger partial charge in [0.15, 0.2) is 0 Å². The minimum absolute atomic E-state index is 0.268. The van der Waals surface area contributed by atoms with E-state index in [1.165, 1.54) is 50.7 Å². The summed E-state index contributed by atoms with van der Waals surface area (Å²) < 4.78 is 13.0. The summed E-state index contributed by atoms with van der Waals surface area (Å²) >= 11 is 6.08. The van der Waals surface area contributed by atoms with Gasteiger partial charge in [0.25, 0.3) is 0 Å². The Morgan fingerprint density at radius 1 is 1.15 bits per heavy atom. The third kappa shape index (κ3) is 6.71. The first-order valence-electron chi connectivity index (χ1n) is 7.78. The Kier molecular flexibility index (Phi) is 8.88. The molecule has 0 saturated heterocycles. The van der Waals surface area contributed by atoms with Crippen molar-refractivity contribution in [3.63, 3.8) is 0 Å². The molecule has 1 atom stereocenters.